The van der Waals surface area contributed by atoms with Crippen LogP contribution in [0.2, 0.25) is 0 Å². The zero-order valence-corrected chi connectivity index (χ0v) is 12.3. The summed E-state index contributed by atoms with van der Waals surface area (Å²) in [6.07, 6.45) is 0. The molecular formula is C17H19NO2. The molecule has 0 saturated heterocycles. The summed E-state index contributed by atoms with van der Waals surface area (Å²) in [4.78, 5) is 3.43. The lowest BCUT2D eigenvalue weighted by atomic mass is 10.0. The van der Waals surface area contributed by atoms with Gasteiger partial charge in [-0.15, -0.1) is 0 Å². The van der Waals surface area contributed by atoms with E-state index in [2.05, 4.69) is 37.0 Å². The monoisotopic (exact) mass is 269 g/mol. The lowest BCUT2D eigenvalue weighted by Gasteiger charge is -2.07. The van der Waals surface area contributed by atoms with Gasteiger partial charge in [-0.25, -0.2) is 0 Å². The molecule has 1 aromatic heterocycles. The van der Waals surface area contributed by atoms with Crippen molar-refractivity contribution in [2.75, 3.05) is 14.2 Å². The summed E-state index contributed by atoms with van der Waals surface area (Å²) in [5.74, 6) is 2.14. The molecule has 3 rings (SSSR count). The first kappa shape index (κ1) is 12.9. The number of nitrogens with one attached hydrogen (secondary N) is 1. The van der Waals surface area contributed by atoms with E-state index >= 15 is 0 Å². The molecule has 0 aliphatic carbocycles. The average molecular weight is 269 g/mol. The highest BCUT2D eigenvalue weighted by molar-refractivity contribution is 6.11. The van der Waals surface area contributed by atoms with Gasteiger partial charge in [0.05, 0.1) is 19.7 Å². The van der Waals surface area contributed by atoms with Crippen molar-refractivity contribution in [3.05, 3.63) is 35.9 Å². The zero-order chi connectivity index (χ0) is 14.3. The van der Waals surface area contributed by atoms with Gasteiger partial charge in [0.25, 0.3) is 0 Å². The van der Waals surface area contributed by atoms with Crippen LogP contribution in [0, 0.1) is 0 Å². The standard InChI is InChI=1S/C17H19NO2/c1-10(2)11-5-6-14-13(7-11)17-15(18-14)8-12(19-3)9-16(17)20-4/h5-10,18H,1-4H3. The molecule has 0 radical (unpaired) electrons. The van der Waals surface area contributed by atoms with Crippen molar-refractivity contribution in [1.82, 2.24) is 4.98 Å². The quantitative estimate of drug-likeness (QED) is 0.761. The molecule has 3 heteroatoms. The van der Waals surface area contributed by atoms with E-state index in [9.17, 15) is 0 Å². The summed E-state index contributed by atoms with van der Waals surface area (Å²) in [5, 5.41) is 2.32. The number of hydrogen-bond acceptors (Lipinski definition) is 2. The third kappa shape index (κ3) is 1.90. The van der Waals surface area contributed by atoms with E-state index in [1.807, 2.05) is 12.1 Å². The molecule has 3 aromatic rings. The fourth-order valence-electron chi connectivity index (χ4n) is 2.63. The van der Waals surface area contributed by atoms with E-state index in [4.69, 9.17) is 9.47 Å². The van der Waals surface area contributed by atoms with Crippen molar-refractivity contribution in [1.29, 1.82) is 0 Å². The molecule has 0 bridgehead atoms. The van der Waals surface area contributed by atoms with Crippen LogP contribution in [0.25, 0.3) is 21.8 Å². The highest BCUT2D eigenvalue weighted by Gasteiger charge is 2.13. The van der Waals surface area contributed by atoms with Crippen LogP contribution < -0.4 is 9.47 Å². The summed E-state index contributed by atoms with van der Waals surface area (Å²) < 4.78 is 10.9. The molecule has 0 fully saturated rings. The minimum atomic E-state index is 0.508. The topological polar surface area (TPSA) is 34.2 Å². The van der Waals surface area contributed by atoms with Crippen molar-refractivity contribution < 1.29 is 9.47 Å². The van der Waals surface area contributed by atoms with Crippen molar-refractivity contribution in [2.45, 2.75) is 19.8 Å². The van der Waals surface area contributed by atoms with E-state index in [1.165, 1.54) is 10.9 Å². The Hall–Kier alpha value is -2.16. The summed E-state index contributed by atoms with van der Waals surface area (Å²) in [5.41, 5.74) is 3.49. The lowest BCUT2D eigenvalue weighted by Crippen LogP contribution is -1.88. The molecule has 0 atom stereocenters. The molecule has 0 amide bonds. The van der Waals surface area contributed by atoms with Crippen LogP contribution in [0.1, 0.15) is 25.3 Å². The van der Waals surface area contributed by atoms with Gasteiger partial charge < -0.3 is 14.5 Å². The molecular weight excluding hydrogens is 250 g/mol. The maximum atomic E-state index is 5.54. The maximum absolute atomic E-state index is 5.54. The number of aromatic nitrogens is 1. The Morgan fingerprint density at radius 3 is 2.40 bits per heavy atom. The lowest BCUT2D eigenvalue weighted by molar-refractivity contribution is 0.398. The summed E-state index contributed by atoms with van der Waals surface area (Å²) in [7, 11) is 3.36. The van der Waals surface area contributed by atoms with Gasteiger partial charge in [-0.3, -0.25) is 0 Å². The van der Waals surface area contributed by atoms with Crippen molar-refractivity contribution in [2.24, 2.45) is 0 Å². The Kier molecular flexibility index (Phi) is 3.05. The van der Waals surface area contributed by atoms with Crippen molar-refractivity contribution >= 4 is 21.8 Å². The molecule has 0 aliphatic rings. The first-order chi connectivity index (χ1) is 9.63. The van der Waals surface area contributed by atoms with Crippen LogP contribution in [-0.4, -0.2) is 19.2 Å². The normalized spacial score (nSPS) is 11.4. The van der Waals surface area contributed by atoms with Crippen molar-refractivity contribution in [3.63, 3.8) is 0 Å². The van der Waals surface area contributed by atoms with E-state index in [0.717, 1.165) is 27.9 Å². The predicted molar refractivity (Wildman–Crippen MR) is 83.0 cm³/mol. The fraction of sp³-hybridized carbons (Fsp3) is 0.294. The van der Waals surface area contributed by atoms with Gasteiger partial charge in [-0.05, 0) is 23.6 Å². The second kappa shape index (κ2) is 4.75. The van der Waals surface area contributed by atoms with Gasteiger partial charge in [-0.2, -0.15) is 0 Å². The van der Waals surface area contributed by atoms with Gasteiger partial charge in [0, 0.05) is 28.4 Å². The number of fused-ring (bicyclic) bond motifs is 3. The summed E-state index contributed by atoms with van der Waals surface area (Å²) >= 11 is 0. The van der Waals surface area contributed by atoms with Crippen LogP contribution in [0.3, 0.4) is 0 Å². The fourth-order valence-corrected chi connectivity index (χ4v) is 2.63. The van der Waals surface area contributed by atoms with E-state index in [-0.39, 0.29) is 0 Å². The second-order valence-electron chi connectivity index (χ2n) is 5.34. The van der Waals surface area contributed by atoms with E-state index in [1.54, 1.807) is 14.2 Å². The van der Waals surface area contributed by atoms with Crippen LogP contribution in [0.4, 0.5) is 0 Å². The highest BCUT2D eigenvalue weighted by Crippen LogP contribution is 2.37. The van der Waals surface area contributed by atoms with Crippen LogP contribution in [-0.2, 0) is 0 Å². The molecule has 0 aliphatic heterocycles. The van der Waals surface area contributed by atoms with Crippen LogP contribution in [0.15, 0.2) is 30.3 Å². The van der Waals surface area contributed by atoms with Gasteiger partial charge in [0.15, 0.2) is 0 Å². The first-order valence-electron chi connectivity index (χ1n) is 6.81. The largest absolute Gasteiger partial charge is 0.497 e. The van der Waals surface area contributed by atoms with E-state index in [0.29, 0.717) is 5.92 Å². The summed E-state index contributed by atoms with van der Waals surface area (Å²) in [6.45, 7) is 4.41. The maximum Gasteiger partial charge on any atom is 0.132 e. The first-order valence-corrected chi connectivity index (χ1v) is 6.81. The van der Waals surface area contributed by atoms with E-state index < -0.39 is 0 Å². The van der Waals surface area contributed by atoms with Crippen LogP contribution >= 0.6 is 0 Å². The minimum Gasteiger partial charge on any atom is -0.497 e. The number of methoxy groups -OCH3 is 2. The van der Waals surface area contributed by atoms with Crippen molar-refractivity contribution in [3.8, 4) is 11.5 Å². The average Bonchev–Trinajstić information content (AvgIpc) is 2.83. The molecule has 0 unspecified atom stereocenters. The number of rotatable bonds is 3. The van der Waals surface area contributed by atoms with Gasteiger partial charge in [-0.1, -0.05) is 19.9 Å². The van der Waals surface area contributed by atoms with Crippen LogP contribution in [0.5, 0.6) is 11.5 Å². The number of ether oxygens (including phenoxy) is 2. The molecule has 0 spiro atoms. The molecule has 1 heterocycles. The number of aromatic amines is 1. The number of benzene rings is 2. The minimum absolute atomic E-state index is 0.508. The third-order valence-corrected chi connectivity index (χ3v) is 3.78. The molecule has 20 heavy (non-hydrogen) atoms. The van der Waals surface area contributed by atoms with Gasteiger partial charge in [0.2, 0.25) is 0 Å². The Morgan fingerprint density at radius 2 is 1.75 bits per heavy atom. The Balaban J connectivity index is 2.38. The molecule has 3 nitrogen and oxygen atoms in total. The zero-order valence-electron chi connectivity index (χ0n) is 12.3. The third-order valence-electron chi connectivity index (χ3n) is 3.78. The number of hydrogen-bond donors (Lipinski definition) is 1. The molecule has 104 valence electrons. The van der Waals surface area contributed by atoms with Gasteiger partial charge in [0.1, 0.15) is 11.5 Å². The Labute approximate surface area is 118 Å². The molecule has 1 N–H and O–H groups in total. The smallest absolute Gasteiger partial charge is 0.132 e. The Morgan fingerprint density at radius 1 is 0.950 bits per heavy atom. The predicted octanol–water partition coefficient (Wildman–Crippen LogP) is 4.46. The molecule has 0 saturated carbocycles. The highest BCUT2D eigenvalue weighted by atomic mass is 16.5. The molecule has 2 aromatic carbocycles. The van der Waals surface area contributed by atoms with Gasteiger partial charge >= 0.3 is 0 Å². The second-order valence-corrected chi connectivity index (χ2v) is 5.34. The Bertz CT molecular complexity index is 771. The SMILES string of the molecule is COc1cc(OC)c2c(c1)[nH]c1ccc(C(C)C)cc12. The summed E-state index contributed by atoms with van der Waals surface area (Å²) in [6, 6.07) is 10.5. The number of H-pyrrole nitrogens is 1.